The van der Waals surface area contributed by atoms with Gasteiger partial charge in [-0.25, -0.2) is 0 Å². The highest BCUT2D eigenvalue weighted by Gasteiger charge is 2.19. The summed E-state index contributed by atoms with van der Waals surface area (Å²) in [6.45, 7) is 7.06. The van der Waals surface area contributed by atoms with Crippen LogP contribution in [0, 0.1) is 13.8 Å². The maximum atomic E-state index is 5.50. The van der Waals surface area contributed by atoms with E-state index in [9.17, 15) is 0 Å². The molecular formula is C18H25N3O. The Bertz CT molecular complexity index is 613. The maximum absolute atomic E-state index is 5.50. The molecule has 2 heterocycles. The van der Waals surface area contributed by atoms with Crippen LogP contribution in [0.1, 0.15) is 41.9 Å². The van der Waals surface area contributed by atoms with Gasteiger partial charge in [0.1, 0.15) is 5.75 Å². The van der Waals surface area contributed by atoms with Gasteiger partial charge in [-0.1, -0.05) is 13.0 Å². The highest BCUT2D eigenvalue weighted by molar-refractivity contribution is 5.41. The second kappa shape index (κ2) is 7.36. The summed E-state index contributed by atoms with van der Waals surface area (Å²) in [4.78, 5) is 11.4. The van der Waals surface area contributed by atoms with Crippen molar-refractivity contribution < 1.29 is 4.74 Å². The zero-order valence-corrected chi connectivity index (χ0v) is 14.1. The quantitative estimate of drug-likeness (QED) is 0.815. The van der Waals surface area contributed by atoms with E-state index in [4.69, 9.17) is 4.74 Å². The van der Waals surface area contributed by atoms with Crippen LogP contribution in [0.25, 0.3) is 0 Å². The first kappa shape index (κ1) is 16.4. The van der Waals surface area contributed by atoms with Crippen molar-refractivity contribution in [2.45, 2.75) is 39.8 Å². The predicted octanol–water partition coefficient (Wildman–Crippen LogP) is 3.69. The largest absolute Gasteiger partial charge is 0.496 e. The van der Waals surface area contributed by atoms with E-state index in [-0.39, 0.29) is 6.04 Å². The molecule has 0 saturated carbocycles. The first-order valence-electron chi connectivity index (χ1n) is 7.68. The van der Waals surface area contributed by atoms with Gasteiger partial charge in [-0.3, -0.25) is 14.9 Å². The third-order valence-corrected chi connectivity index (χ3v) is 4.10. The van der Waals surface area contributed by atoms with E-state index in [1.807, 2.05) is 31.5 Å². The van der Waals surface area contributed by atoms with Crippen LogP contribution in [0.15, 0.2) is 30.6 Å². The molecule has 0 aliphatic heterocycles. The average molecular weight is 299 g/mol. The van der Waals surface area contributed by atoms with Crippen molar-refractivity contribution in [2.75, 3.05) is 14.2 Å². The van der Waals surface area contributed by atoms with Crippen LogP contribution < -0.4 is 4.74 Å². The van der Waals surface area contributed by atoms with E-state index in [2.05, 4.69) is 41.8 Å². The standard InChI is InChI=1S/C18H25N3O/c1-6-17(15-9-7-8-10-19-15)21(4)12-16-14(3)18(22-5)13(2)11-20-16/h7-11,17H,6,12H2,1-5H3. The molecule has 0 radical (unpaired) electrons. The fourth-order valence-corrected chi connectivity index (χ4v) is 2.90. The zero-order valence-electron chi connectivity index (χ0n) is 14.1. The molecule has 0 fully saturated rings. The third kappa shape index (κ3) is 3.45. The molecule has 2 aromatic rings. The van der Waals surface area contributed by atoms with Gasteiger partial charge in [-0.2, -0.15) is 0 Å². The molecule has 4 heteroatoms. The number of hydrogen-bond donors (Lipinski definition) is 0. The molecule has 0 aliphatic rings. The van der Waals surface area contributed by atoms with Gasteiger partial charge in [0, 0.05) is 30.1 Å². The Balaban J connectivity index is 2.23. The molecule has 0 bridgehead atoms. The Hall–Kier alpha value is -1.94. The molecule has 1 atom stereocenters. The number of nitrogens with zero attached hydrogens (tertiary/aromatic N) is 3. The number of rotatable bonds is 6. The molecule has 0 amide bonds. The van der Waals surface area contributed by atoms with Crippen molar-refractivity contribution in [2.24, 2.45) is 0 Å². The summed E-state index contributed by atoms with van der Waals surface area (Å²) < 4.78 is 5.50. The molecule has 22 heavy (non-hydrogen) atoms. The summed E-state index contributed by atoms with van der Waals surface area (Å²) in [6.07, 6.45) is 4.75. The Morgan fingerprint density at radius 1 is 1.23 bits per heavy atom. The lowest BCUT2D eigenvalue weighted by Crippen LogP contribution is -2.25. The second-order valence-electron chi connectivity index (χ2n) is 5.64. The highest BCUT2D eigenvalue weighted by atomic mass is 16.5. The predicted molar refractivity (Wildman–Crippen MR) is 89.0 cm³/mol. The smallest absolute Gasteiger partial charge is 0.128 e. The van der Waals surface area contributed by atoms with Crippen LogP contribution in [0.4, 0.5) is 0 Å². The fraction of sp³-hybridized carbons (Fsp3) is 0.444. The number of hydrogen-bond acceptors (Lipinski definition) is 4. The number of aromatic nitrogens is 2. The Kier molecular flexibility index (Phi) is 5.50. The van der Waals surface area contributed by atoms with Crippen LogP contribution in [0.2, 0.25) is 0 Å². The van der Waals surface area contributed by atoms with Crippen LogP contribution in [-0.2, 0) is 6.54 Å². The monoisotopic (exact) mass is 299 g/mol. The minimum Gasteiger partial charge on any atom is -0.496 e. The van der Waals surface area contributed by atoms with Gasteiger partial charge in [0.2, 0.25) is 0 Å². The number of pyridine rings is 2. The minimum absolute atomic E-state index is 0.287. The van der Waals surface area contributed by atoms with Crippen molar-refractivity contribution >= 4 is 0 Å². The van der Waals surface area contributed by atoms with E-state index in [1.165, 1.54) is 0 Å². The minimum atomic E-state index is 0.287. The Labute approximate surface area is 133 Å². The summed E-state index contributed by atoms with van der Waals surface area (Å²) in [5.74, 6) is 0.935. The Morgan fingerprint density at radius 3 is 2.59 bits per heavy atom. The molecule has 2 rings (SSSR count). The lowest BCUT2D eigenvalue weighted by molar-refractivity contribution is 0.222. The molecule has 118 valence electrons. The van der Waals surface area contributed by atoms with Crippen molar-refractivity contribution in [1.29, 1.82) is 0 Å². The molecular weight excluding hydrogens is 274 g/mol. The molecule has 0 spiro atoms. The SMILES string of the molecule is CCC(c1ccccn1)N(C)Cc1ncc(C)c(OC)c1C. The maximum Gasteiger partial charge on any atom is 0.128 e. The second-order valence-corrected chi connectivity index (χ2v) is 5.64. The van der Waals surface area contributed by atoms with Gasteiger partial charge in [-0.15, -0.1) is 0 Å². The van der Waals surface area contributed by atoms with Crippen molar-refractivity contribution in [1.82, 2.24) is 14.9 Å². The van der Waals surface area contributed by atoms with Crippen LogP contribution in [0.3, 0.4) is 0 Å². The van der Waals surface area contributed by atoms with Gasteiger partial charge in [0.25, 0.3) is 0 Å². The average Bonchev–Trinajstić information content (AvgIpc) is 2.52. The summed E-state index contributed by atoms with van der Waals surface area (Å²) in [5, 5.41) is 0. The van der Waals surface area contributed by atoms with Gasteiger partial charge in [0.15, 0.2) is 0 Å². The molecule has 4 nitrogen and oxygen atoms in total. The van der Waals surface area contributed by atoms with Crippen LogP contribution in [0.5, 0.6) is 5.75 Å². The highest BCUT2D eigenvalue weighted by Crippen LogP contribution is 2.27. The summed E-state index contributed by atoms with van der Waals surface area (Å²) in [6, 6.07) is 6.36. The van der Waals surface area contributed by atoms with Crippen molar-refractivity contribution in [3.8, 4) is 5.75 Å². The van der Waals surface area contributed by atoms with Crippen LogP contribution >= 0.6 is 0 Å². The summed E-state index contributed by atoms with van der Waals surface area (Å²) >= 11 is 0. The topological polar surface area (TPSA) is 38.2 Å². The van der Waals surface area contributed by atoms with Crippen molar-refractivity contribution in [3.63, 3.8) is 0 Å². The van der Waals surface area contributed by atoms with E-state index in [0.29, 0.717) is 0 Å². The van der Waals surface area contributed by atoms with E-state index >= 15 is 0 Å². The number of ether oxygens (including phenoxy) is 1. The molecule has 2 aromatic heterocycles. The van der Waals surface area contributed by atoms with Crippen LogP contribution in [-0.4, -0.2) is 29.0 Å². The fourth-order valence-electron chi connectivity index (χ4n) is 2.90. The summed E-state index contributed by atoms with van der Waals surface area (Å²) in [7, 11) is 3.84. The normalized spacial score (nSPS) is 12.5. The van der Waals surface area contributed by atoms with Gasteiger partial charge in [0.05, 0.1) is 24.5 Å². The first-order valence-corrected chi connectivity index (χ1v) is 7.68. The van der Waals surface area contributed by atoms with Gasteiger partial charge >= 0.3 is 0 Å². The Morgan fingerprint density at radius 2 is 2.00 bits per heavy atom. The molecule has 0 aromatic carbocycles. The van der Waals surface area contributed by atoms with Crippen molar-refractivity contribution in [3.05, 3.63) is 53.1 Å². The van der Waals surface area contributed by atoms with E-state index in [0.717, 1.165) is 41.2 Å². The number of aryl methyl sites for hydroxylation is 1. The first-order chi connectivity index (χ1) is 10.6. The van der Waals surface area contributed by atoms with Gasteiger partial charge < -0.3 is 4.74 Å². The molecule has 0 aliphatic carbocycles. The molecule has 0 N–H and O–H groups in total. The summed E-state index contributed by atoms with van der Waals surface area (Å²) in [5.41, 5.74) is 4.34. The van der Waals surface area contributed by atoms with E-state index < -0.39 is 0 Å². The van der Waals surface area contributed by atoms with Gasteiger partial charge in [-0.05, 0) is 39.4 Å². The lowest BCUT2D eigenvalue weighted by atomic mass is 10.1. The number of methoxy groups -OCH3 is 1. The molecule has 0 saturated heterocycles. The van der Waals surface area contributed by atoms with E-state index in [1.54, 1.807) is 7.11 Å². The lowest BCUT2D eigenvalue weighted by Gasteiger charge is -2.27. The third-order valence-electron chi connectivity index (χ3n) is 4.10. The molecule has 1 unspecified atom stereocenters. The zero-order chi connectivity index (χ0) is 16.1.